The van der Waals surface area contributed by atoms with Crippen LogP contribution in [0.4, 0.5) is 0 Å². The van der Waals surface area contributed by atoms with Crippen molar-refractivity contribution in [2.24, 2.45) is 27.1 Å². The molecule has 152 valence electrons. The third-order valence-corrected chi connectivity index (χ3v) is 5.58. The second-order valence-electron chi connectivity index (χ2n) is 11.7. The summed E-state index contributed by atoms with van der Waals surface area (Å²) in [5.41, 5.74) is -4.27. The van der Waals surface area contributed by atoms with Crippen LogP contribution in [0.5, 0.6) is 0 Å². The Labute approximate surface area is 155 Å². The molecule has 0 aromatic carbocycles. The van der Waals surface area contributed by atoms with Crippen molar-refractivity contribution >= 4 is 0 Å². The molecule has 0 saturated carbocycles. The molecule has 0 aliphatic rings. The summed E-state index contributed by atoms with van der Waals surface area (Å²) in [6, 6.07) is 0. The smallest absolute Gasteiger partial charge is 0.0871 e. The number of aliphatic hydroxyl groups is 4. The van der Waals surface area contributed by atoms with Crippen LogP contribution in [-0.4, -0.2) is 45.8 Å². The van der Waals surface area contributed by atoms with Gasteiger partial charge in [0.15, 0.2) is 0 Å². The third-order valence-electron chi connectivity index (χ3n) is 5.58. The molecule has 0 amide bonds. The first-order valence-electron chi connectivity index (χ1n) is 9.40. The molecule has 0 heterocycles. The molecule has 0 spiro atoms. The molecule has 0 aliphatic carbocycles. The fourth-order valence-electron chi connectivity index (χ4n) is 5.75. The maximum atomic E-state index is 12.2. The average molecular weight is 361 g/mol. The van der Waals surface area contributed by atoms with E-state index in [-0.39, 0.29) is 10.8 Å². The summed E-state index contributed by atoms with van der Waals surface area (Å²) in [7, 11) is 0. The lowest BCUT2D eigenvalue weighted by atomic mass is 9.46. The number of aliphatic hydroxyl groups excluding tert-OH is 3. The molecule has 0 aromatic rings. The van der Waals surface area contributed by atoms with E-state index < -0.39 is 41.7 Å². The highest BCUT2D eigenvalue weighted by Crippen LogP contribution is 2.60. The molecule has 0 fully saturated rings. The van der Waals surface area contributed by atoms with Gasteiger partial charge in [0.1, 0.15) is 0 Å². The molecular weight excluding hydrogens is 316 g/mol. The average Bonchev–Trinajstić information content (AvgIpc) is 2.35. The molecule has 0 bridgehead atoms. The van der Waals surface area contributed by atoms with E-state index in [1.54, 1.807) is 0 Å². The minimum Gasteiger partial charge on any atom is -0.395 e. The van der Waals surface area contributed by atoms with Gasteiger partial charge in [-0.25, -0.2) is 0 Å². The van der Waals surface area contributed by atoms with Crippen molar-refractivity contribution in [2.75, 3.05) is 19.8 Å². The van der Waals surface area contributed by atoms with Gasteiger partial charge in [-0.1, -0.05) is 69.2 Å². The maximum absolute atomic E-state index is 12.2. The summed E-state index contributed by atoms with van der Waals surface area (Å²) >= 11 is 0. The fourth-order valence-corrected chi connectivity index (χ4v) is 5.75. The zero-order valence-corrected chi connectivity index (χ0v) is 18.3. The highest BCUT2D eigenvalue weighted by Gasteiger charge is 2.65. The zero-order chi connectivity index (χ0) is 20.5. The van der Waals surface area contributed by atoms with E-state index in [4.69, 9.17) is 0 Å². The van der Waals surface area contributed by atoms with Crippen molar-refractivity contribution in [3.05, 3.63) is 0 Å². The first kappa shape index (κ1) is 24.8. The van der Waals surface area contributed by atoms with Gasteiger partial charge in [-0.3, -0.25) is 0 Å². The van der Waals surface area contributed by atoms with Crippen molar-refractivity contribution in [1.29, 1.82) is 0 Å². The minimum absolute atomic E-state index is 0.0542. The number of hydrogen-bond acceptors (Lipinski definition) is 4. The van der Waals surface area contributed by atoms with Crippen LogP contribution in [0.25, 0.3) is 0 Å². The van der Waals surface area contributed by atoms with Gasteiger partial charge in [0.2, 0.25) is 0 Å². The summed E-state index contributed by atoms with van der Waals surface area (Å²) in [5, 5.41) is 42.7. The highest BCUT2D eigenvalue weighted by molar-refractivity contribution is 5.14. The van der Waals surface area contributed by atoms with Crippen LogP contribution < -0.4 is 0 Å². The van der Waals surface area contributed by atoms with Crippen LogP contribution in [0.15, 0.2) is 0 Å². The summed E-state index contributed by atoms with van der Waals surface area (Å²) in [6.07, 6.45) is 1.37. The third kappa shape index (κ3) is 4.97. The summed E-state index contributed by atoms with van der Waals surface area (Å²) in [4.78, 5) is 0. The Bertz CT molecular complexity index is 384. The maximum Gasteiger partial charge on any atom is 0.0871 e. The molecule has 0 radical (unpaired) electrons. The molecule has 4 N–H and O–H groups in total. The molecule has 0 unspecified atom stereocenters. The molecule has 4 nitrogen and oxygen atoms in total. The summed E-state index contributed by atoms with van der Waals surface area (Å²) < 4.78 is 0. The molecule has 0 aliphatic heterocycles. The lowest BCUT2D eigenvalue weighted by Gasteiger charge is -2.62. The SMILES string of the molecule is CC(C)(C)CC(C)(C)C(O)(C(C)(C)CC(C)(C)C)C(CO)(CO)CO. The molecular formula is C21H44O4. The van der Waals surface area contributed by atoms with E-state index in [0.717, 1.165) is 0 Å². The van der Waals surface area contributed by atoms with Crippen LogP contribution in [0.3, 0.4) is 0 Å². The number of rotatable bonds is 8. The topological polar surface area (TPSA) is 80.9 Å². The lowest BCUT2D eigenvalue weighted by Crippen LogP contribution is -2.70. The minimum atomic E-state index is -1.48. The first-order valence-corrected chi connectivity index (χ1v) is 9.40. The van der Waals surface area contributed by atoms with Crippen LogP contribution in [0, 0.1) is 27.1 Å². The van der Waals surface area contributed by atoms with Gasteiger partial charge < -0.3 is 20.4 Å². The summed E-state index contributed by atoms with van der Waals surface area (Å²) in [5.74, 6) is 0. The van der Waals surface area contributed by atoms with E-state index in [1.807, 2.05) is 27.7 Å². The van der Waals surface area contributed by atoms with Crippen molar-refractivity contribution in [2.45, 2.75) is 87.7 Å². The highest BCUT2D eigenvalue weighted by atomic mass is 16.3. The van der Waals surface area contributed by atoms with Crippen molar-refractivity contribution < 1.29 is 20.4 Å². The van der Waals surface area contributed by atoms with Gasteiger partial charge in [0.25, 0.3) is 0 Å². The molecule has 0 atom stereocenters. The van der Waals surface area contributed by atoms with Gasteiger partial charge >= 0.3 is 0 Å². The van der Waals surface area contributed by atoms with Crippen molar-refractivity contribution in [1.82, 2.24) is 0 Å². The molecule has 0 rings (SSSR count). The number of hydrogen-bond donors (Lipinski definition) is 4. The Hall–Kier alpha value is -0.160. The van der Waals surface area contributed by atoms with Crippen LogP contribution in [0.1, 0.15) is 82.1 Å². The van der Waals surface area contributed by atoms with Crippen molar-refractivity contribution in [3.63, 3.8) is 0 Å². The zero-order valence-electron chi connectivity index (χ0n) is 18.3. The largest absolute Gasteiger partial charge is 0.395 e. The van der Waals surface area contributed by atoms with Gasteiger partial charge in [0, 0.05) is 0 Å². The Morgan fingerprint density at radius 1 is 0.520 bits per heavy atom. The van der Waals surface area contributed by atoms with Gasteiger partial charge in [-0.15, -0.1) is 0 Å². The standard InChI is InChI=1S/C21H44O4/c1-16(2,3)11-18(7,8)21(25,20(13-22,14-23)15-24)19(9,10)12-17(4,5)6/h22-25H,11-15H2,1-10H3. The molecule has 0 aromatic heterocycles. The van der Waals surface area contributed by atoms with Crippen LogP contribution in [-0.2, 0) is 0 Å². The monoisotopic (exact) mass is 360 g/mol. The van der Waals surface area contributed by atoms with Crippen LogP contribution >= 0.6 is 0 Å². The Morgan fingerprint density at radius 3 is 0.920 bits per heavy atom. The summed E-state index contributed by atoms with van der Waals surface area (Å²) in [6.45, 7) is 19.2. The van der Waals surface area contributed by atoms with Crippen LogP contribution in [0.2, 0.25) is 0 Å². The Balaban J connectivity index is 6.61. The predicted molar refractivity (Wildman–Crippen MR) is 104 cm³/mol. The van der Waals surface area contributed by atoms with Crippen molar-refractivity contribution in [3.8, 4) is 0 Å². The van der Waals surface area contributed by atoms with E-state index in [1.165, 1.54) is 0 Å². The first-order chi connectivity index (χ1) is 10.8. The van der Waals surface area contributed by atoms with Gasteiger partial charge in [0.05, 0.1) is 30.8 Å². The second kappa shape index (κ2) is 7.46. The lowest BCUT2D eigenvalue weighted by molar-refractivity contribution is -0.271. The van der Waals surface area contributed by atoms with Gasteiger partial charge in [-0.05, 0) is 34.5 Å². The molecule has 0 saturated heterocycles. The second-order valence-corrected chi connectivity index (χ2v) is 11.7. The van der Waals surface area contributed by atoms with E-state index in [9.17, 15) is 20.4 Å². The van der Waals surface area contributed by atoms with E-state index in [2.05, 4.69) is 41.5 Å². The normalized spacial score (nSPS) is 15.6. The predicted octanol–water partition coefficient (Wildman–Crippen LogP) is 3.61. The van der Waals surface area contributed by atoms with E-state index in [0.29, 0.717) is 12.8 Å². The quantitative estimate of drug-likeness (QED) is 0.533. The Kier molecular flexibility index (Phi) is 7.41. The fraction of sp³-hybridized carbons (Fsp3) is 1.00. The molecule has 4 heteroatoms. The van der Waals surface area contributed by atoms with Gasteiger partial charge in [-0.2, -0.15) is 0 Å². The molecule has 25 heavy (non-hydrogen) atoms. The Morgan fingerprint density at radius 2 is 0.760 bits per heavy atom. The van der Waals surface area contributed by atoms with E-state index >= 15 is 0 Å².